The molecule has 0 aliphatic carbocycles. The van der Waals surface area contributed by atoms with Gasteiger partial charge in [0.05, 0.1) is 17.4 Å². The zero-order valence-electron chi connectivity index (χ0n) is 21.4. The van der Waals surface area contributed by atoms with Crippen molar-refractivity contribution in [3.8, 4) is 22.4 Å². The molecule has 198 valence electrons. The molecule has 1 aliphatic rings. The van der Waals surface area contributed by atoms with Gasteiger partial charge in [-0.25, -0.2) is 4.98 Å². The number of nitrogens with zero attached hydrogens (tertiary/aromatic N) is 3. The third kappa shape index (κ3) is 4.86. The molecule has 1 aliphatic heterocycles. The van der Waals surface area contributed by atoms with Gasteiger partial charge in [-0.1, -0.05) is 72.8 Å². The second-order valence-electron chi connectivity index (χ2n) is 9.80. The first-order valence-corrected chi connectivity index (χ1v) is 14.5. The van der Waals surface area contributed by atoms with Gasteiger partial charge in [0.1, 0.15) is 11.1 Å². The Morgan fingerprint density at radius 1 is 0.949 bits per heavy atom. The minimum Gasteiger partial charge on any atom is -0.381 e. The highest BCUT2D eigenvalue weighted by Gasteiger charge is 2.26. The Kier molecular flexibility index (Phi) is 6.74. The Balaban J connectivity index is 1.63. The van der Waals surface area contributed by atoms with Crippen LogP contribution in [0.2, 0.25) is 0 Å². The summed E-state index contributed by atoms with van der Waals surface area (Å²) in [5.74, 6) is 0. The molecule has 8 nitrogen and oxygen atoms in total. The Bertz CT molecular complexity index is 1720. The van der Waals surface area contributed by atoms with Gasteiger partial charge in [-0.3, -0.25) is 5.41 Å². The van der Waals surface area contributed by atoms with Gasteiger partial charge in [-0.2, -0.15) is 4.55 Å². The first-order chi connectivity index (χ1) is 18.9. The van der Waals surface area contributed by atoms with E-state index in [1.807, 2.05) is 53.1 Å². The third-order valence-electron chi connectivity index (χ3n) is 7.33. The molecule has 0 radical (unpaired) electrons. The van der Waals surface area contributed by atoms with Crippen molar-refractivity contribution in [1.82, 2.24) is 14.1 Å². The maximum atomic E-state index is 11.9. The van der Waals surface area contributed by atoms with E-state index in [0.717, 1.165) is 51.8 Å². The predicted molar refractivity (Wildman–Crippen MR) is 152 cm³/mol. The molecule has 39 heavy (non-hydrogen) atoms. The molecule has 1 saturated heterocycles. The number of benzene rings is 3. The smallest absolute Gasteiger partial charge is 0.320 e. The minimum atomic E-state index is -3.54. The minimum absolute atomic E-state index is 0.160. The van der Waals surface area contributed by atoms with E-state index in [0.29, 0.717) is 25.2 Å². The van der Waals surface area contributed by atoms with E-state index < -0.39 is 10.4 Å². The van der Waals surface area contributed by atoms with E-state index >= 15 is 0 Å². The van der Waals surface area contributed by atoms with Crippen molar-refractivity contribution in [2.45, 2.75) is 30.3 Å². The molecule has 0 saturated carbocycles. The van der Waals surface area contributed by atoms with Crippen LogP contribution in [0.4, 0.5) is 0 Å². The fraction of sp³-hybridized carbons (Fsp3) is 0.200. The van der Waals surface area contributed by atoms with Crippen molar-refractivity contribution in [3.63, 3.8) is 0 Å². The number of nitrogens with one attached hydrogen (secondary N) is 1. The molecule has 1 fully saturated rings. The summed E-state index contributed by atoms with van der Waals surface area (Å²) in [6.07, 6.45) is 3.48. The zero-order chi connectivity index (χ0) is 27.0. The normalized spacial score (nSPS) is 15.8. The third-order valence-corrected chi connectivity index (χ3v) is 8.28. The molecular weight excluding hydrogens is 510 g/mol. The fourth-order valence-corrected chi connectivity index (χ4v) is 5.94. The molecule has 1 atom stereocenters. The van der Waals surface area contributed by atoms with Gasteiger partial charge < -0.3 is 13.9 Å². The summed E-state index contributed by atoms with van der Waals surface area (Å²) in [6.45, 7) is 1.81. The average molecular weight is 541 g/mol. The van der Waals surface area contributed by atoms with E-state index in [-0.39, 0.29) is 10.9 Å². The molecule has 3 heterocycles. The number of hydrogen-bond donors (Lipinski definition) is 3. The van der Waals surface area contributed by atoms with Gasteiger partial charge in [0.15, 0.2) is 0 Å². The predicted octanol–water partition coefficient (Wildman–Crippen LogP) is 5.26. The van der Waals surface area contributed by atoms with Gasteiger partial charge in [-0.05, 0) is 45.9 Å². The summed E-state index contributed by atoms with van der Waals surface area (Å²) in [7, 11) is -3.54. The second kappa shape index (κ2) is 10.3. The SMILES string of the molecule is N=c1c2c(-c3ccccc3)c(-c3ccccc3)n(Cc3ccc([S+](N)(=O)O)cc3)c2ncn1C1CCOCC1. The first kappa shape index (κ1) is 25.4. The van der Waals surface area contributed by atoms with Crippen LogP contribution in [-0.2, 0) is 25.9 Å². The van der Waals surface area contributed by atoms with Crippen molar-refractivity contribution in [2.24, 2.45) is 5.14 Å². The van der Waals surface area contributed by atoms with Crippen LogP contribution < -0.4 is 10.6 Å². The molecule has 4 N–H and O–H groups in total. The molecule has 2 aromatic heterocycles. The van der Waals surface area contributed by atoms with Crippen LogP contribution in [0.15, 0.2) is 96.2 Å². The quantitative estimate of drug-likeness (QED) is 0.255. The van der Waals surface area contributed by atoms with Crippen LogP contribution in [0.5, 0.6) is 0 Å². The van der Waals surface area contributed by atoms with Crippen molar-refractivity contribution >= 4 is 21.4 Å². The van der Waals surface area contributed by atoms with Crippen molar-refractivity contribution in [2.75, 3.05) is 13.2 Å². The van der Waals surface area contributed by atoms with E-state index in [9.17, 15) is 14.2 Å². The number of hydrogen-bond acceptors (Lipinski definition) is 4. The van der Waals surface area contributed by atoms with E-state index in [1.54, 1.807) is 18.5 Å². The van der Waals surface area contributed by atoms with E-state index in [2.05, 4.69) is 28.8 Å². The summed E-state index contributed by atoms with van der Waals surface area (Å²) in [4.78, 5) is 5.14. The maximum absolute atomic E-state index is 11.9. The zero-order valence-corrected chi connectivity index (χ0v) is 22.2. The van der Waals surface area contributed by atoms with E-state index in [4.69, 9.17) is 14.9 Å². The topological polar surface area (TPSA) is 119 Å². The van der Waals surface area contributed by atoms with Crippen molar-refractivity contribution < 1.29 is 13.5 Å². The lowest BCUT2D eigenvalue weighted by Gasteiger charge is -2.24. The number of ether oxygens (including phenoxy) is 1. The second-order valence-corrected chi connectivity index (χ2v) is 11.4. The summed E-state index contributed by atoms with van der Waals surface area (Å²) in [5.41, 5.74) is 6.03. The highest BCUT2D eigenvalue weighted by atomic mass is 32.3. The molecule has 0 spiro atoms. The summed E-state index contributed by atoms with van der Waals surface area (Å²) in [5, 5.41) is 15.6. The van der Waals surface area contributed by atoms with Crippen molar-refractivity contribution in [3.05, 3.63) is 102 Å². The van der Waals surface area contributed by atoms with Gasteiger partial charge in [0.2, 0.25) is 4.90 Å². The molecule has 0 amide bonds. The van der Waals surface area contributed by atoms with Crippen LogP contribution >= 0.6 is 0 Å². The molecule has 3 aromatic carbocycles. The highest BCUT2D eigenvalue weighted by molar-refractivity contribution is 7.95. The largest absolute Gasteiger partial charge is 0.381 e. The number of nitrogens with two attached hydrogens (primary N) is 1. The molecule has 6 rings (SSSR count). The van der Waals surface area contributed by atoms with Crippen molar-refractivity contribution in [1.29, 1.82) is 5.41 Å². The van der Waals surface area contributed by atoms with E-state index in [1.165, 1.54) is 0 Å². The molecule has 1 unspecified atom stereocenters. The summed E-state index contributed by atoms with van der Waals surface area (Å²) < 4.78 is 31.4. The fourth-order valence-electron chi connectivity index (χ4n) is 5.42. The molecule has 9 heteroatoms. The Morgan fingerprint density at radius 2 is 1.56 bits per heavy atom. The van der Waals surface area contributed by atoms with Crippen LogP contribution in [0.3, 0.4) is 0 Å². The lowest BCUT2D eigenvalue weighted by molar-refractivity contribution is 0.0682. The first-order valence-electron chi connectivity index (χ1n) is 12.9. The number of fused-ring (bicyclic) bond motifs is 1. The maximum Gasteiger partial charge on any atom is 0.320 e. The van der Waals surface area contributed by atoms with Crippen LogP contribution in [0, 0.1) is 5.41 Å². The monoisotopic (exact) mass is 540 g/mol. The number of aromatic nitrogens is 3. The molecule has 5 aromatic rings. The highest BCUT2D eigenvalue weighted by Crippen LogP contribution is 2.39. The molecule has 0 bridgehead atoms. The Labute approximate surface area is 227 Å². The lowest BCUT2D eigenvalue weighted by atomic mass is 9.99. The Morgan fingerprint density at radius 3 is 2.18 bits per heavy atom. The van der Waals surface area contributed by atoms with Crippen LogP contribution in [0.1, 0.15) is 24.4 Å². The van der Waals surface area contributed by atoms with Gasteiger partial charge in [0, 0.05) is 31.4 Å². The van der Waals surface area contributed by atoms with Gasteiger partial charge in [0.25, 0.3) is 0 Å². The summed E-state index contributed by atoms with van der Waals surface area (Å²) in [6, 6.07) is 27.3. The summed E-state index contributed by atoms with van der Waals surface area (Å²) >= 11 is 0. The van der Waals surface area contributed by atoms with Crippen LogP contribution in [-0.4, -0.2) is 31.9 Å². The average Bonchev–Trinajstić information content (AvgIpc) is 3.29. The standard InChI is InChI=1S/C30H29N5O3S/c31-29-27-26(22-7-3-1-4-8-22)28(23-9-5-2-6-10-23)34(19-21-11-13-25(14-12-21)39(32,36)37)30(27)33-20-35(29)24-15-17-38-18-16-24/h1-14,20,24,31H,15-19H2,(H2-,32,36,37)/p+1. The van der Waals surface area contributed by atoms with Crippen LogP contribution in [0.25, 0.3) is 33.4 Å². The van der Waals surface area contributed by atoms with Gasteiger partial charge in [-0.15, -0.1) is 5.14 Å². The number of rotatable bonds is 6. The molecular formula is C30H30N5O3S+. The lowest BCUT2D eigenvalue weighted by Crippen LogP contribution is -2.29. The Hall–Kier alpha value is -3.89. The van der Waals surface area contributed by atoms with Gasteiger partial charge >= 0.3 is 10.4 Å².